The molecule has 0 aliphatic carbocycles. The molecule has 0 saturated heterocycles. The van der Waals surface area contributed by atoms with Gasteiger partial charge < -0.3 is 14.6 Å². The predicted molar refractivity (Wildman–Crippen MR) is 57.9 cm³/mol. The molecule has 1 N–H and O–H groups in total. The van der Waals surface area contributed by atoms with Crippen molar-refractivity contribution in [2.75, 3.05) is 24.9 Å². The average Bonchev–Trinajstić information content (AvgIpc) is 2.64. The molecule has 0 fully saturated rings. The molecule has 1 aromatic heterocycles. The molecule has 0 radical (unpaired) electrons. The molecule has 1 aromatic rings. The highest BCUT2D eigenvalue weighted by molar-refractivity contribution is 6.18. The van der Waals surface area contributed by atoms with Crippen molar-refractivity contribution in [3.63, 3.8) is 0 Å². The number of anilines is 1. The van der Waals surface area contributed by atoms with Gasteiger partial charge in [0, 0.05) is 31.9 Å². The number of hydrogen-bond donors (Lipinski definition) is 1. The van der Waals surface area contributed by atoms with E-state index in [2.05, 4.69) is 17.2 Å². The van der Waals surface area contributed by atoms with E-state index in [1.165, 1.54) is 0 Å². The lowest BCUT2D eigenvalue weighted by molar-refractivity contribution is 0.191. The Bertz CT molecular complexity index is 264. The summed E-state index contributed by atoms with van der Waals surface area (Å²) >= 11 is 5.78. The Morgan fingerprint density at radius 3 is 3.07 bits per heavy atom. The number of aryl methyl sites for hydroxylation is 1. The maximum Gasteiger partial charge on any atom is 0.203 e. The van der Waals surface area contributed by atoms with Crippen molar-refractivity contribution in [3.05, 3.63) is 12.4 Å². The standard InChI is InChI=1S/C9H16ClN3O/c1-3-13-5-4-11-9(13)12-8(6-10)7-14-2/h4-5,8H,3,6-7H2,1-2H3,(H,11,12). The van der Waals surface area contributed by atoms with Gasteiger partial charge in [0.05, 0.1) is 12.6 Å². The van der Waals surface area contributed by atoms with Gasteiger partial charge in [0.1, 0.15) is 0 Å². The van der Waals surface area contributed by atoms with Gasteiger partial charge in [-0.15, -0.1) is 11.6 Å². The molecule has 0 aromatic carbocycles. The molecule has 1 unspecified atom stereocenters. The van der Waals surface area contributed by atoms with Crippen LogP contribution in [0.4, 0.5) is 5.95 Å². The summed E-state index contributed by atoms with van der Waals surface area (Å²) in [5, 5.41) is 3.22. The van der Waals surface area contributed by atoms with Gasteiger partial charge in [0.25, 0.3) is 0 Å². The van der Waals surface area contributed by atoms with Crippen LogP contribution in [0.1, 0.15) is 6.92 Å². The van der Waals surface area contributed by atoms with Crippen LogP contribution < -0.4 is 5.32 Å². The number of halogens is 1. The fourth-order valence-electron chi connectivity index (χ4n) is 1.21. The summed E-state index contributed by atoms with van der Waals surface area (Å²) in [6.07, 6.45) is 3.70. The number of alkyl halides is 1. The monoisotopic (exact) mass is 217 g/mol. The van der Waals surface area contributed by atoms with E-state index in [1.807, 2.05) is 10.8 Å². The molecule has 0 bridgehead atoms. The number of rotatable bonds is 6. The fraction of sp³-hybridized carbons (Fsp3) is 0.667. The Morgan fingerprint density at radius 2 is 2.50 bits per heavy atom. The van der Waals surface area contributed by atoms with Crippen LogP contribution in [0.15, 0.2) is 12.4 Å². The molecule has 0 aliphatic heterocycles. The number of aromatic nitrogens is 2. The van der Waals surface area contributed by atoms with Gasteiger partial charge in [0.2, 0.25) is 5.95 Å². The summed E-state index contributed by atoms with van der Waals surface area (Å²) < 4.78 is 7.06. The minimum absolute atomic E-state index is 0.106. The molecule has 0 aliphatic rings. The van der Waals surface area contributed by atoms with Gasteiger partial charge in [-0.1, -0.05) is 0 Å². The summed E-state index contributed by atoms with van der Waals surface area (Å²) in [5.41, 5.74) is 0. The zero-order valence-electron chi connectivity index (χ0n) is 8.53. The zero-order chi connectivity index (χ0) is 10.4. The van der Waals surface area contributed by atoms with Gasteiger partial charge in [-0.05, 0) is 6.92 Å². The maximum absolute atomic E-state index is 5.78. The molecule has 5 heteroatoms. The highest BCUT2D eigenvalue weighted by atomic mass is 35.5. The van der Waals surface area contributed by atoms with Crippen LogP contribution >= 0.6 is 11.6 Å². The van der Waals surface area contributed by atoms with Gasteiger partial charge in [-0.2, -0.15) is 0 Å². The molecule has 4 nitrogen and oxygen atoms in total. The number of methoxy groups -OCH3 is 1. The fourth-order valence-corrected chi connectivity index (χ4v) is 1.38. The third-order valence-electron chi connectivity index (χ3n) is 1.94. The molecule has 1 atom stereocenters. The van der Waals surface area contributed by atoms with Crippen LogP contribution in [0, 0.1) is 0 Å². The summed E-state index contributed by atoms with van der Waals surface area (Å²) in [5.74, 6) is 1.35. The second-order valence-corrected chi connectivity index (χ2v) is 3.30. The normalized spacial score (nSPS) is 12.8. The van der Waals surface area contributed by atoms with Crippen molar-refractivity contribution in [3.8, 4) is 0 Å². The van der Waals surface area contributed by atoms with E-state index >= 15 is 0 Å². The van der Waals surface area contributed by atoms with Crippen molar-refractivity contribution in [1.82, 2.24) is 9.55 Å². The average molecular weight is 218 g/mol. The second kappa shape index (κ2) is 5.88. The first kappa shape index (κ1) is 11.3. The molecular weight excluding hydrogens is 202 g/mol. The van der Waals surface area contributed by atoms with E-state index in [0.29, 0.717) is 12.5 Å². The topological polar surface area (TPSA) is 39.1 Å². The number of hydrogen-bond acceptors (Lipinski definition) is 3. The van der Waals surface area contributed by atoms with Crippen LogP contribution in [0.5, 0.6) is 0 Å². The minimum atomic E-state index is 0.106. The zero-order valence-corrected chi connectivity index (χ0v) is 9.29. The summed E-state index contributed by atoms with van der Waals surface area (Å²) in [4.78, 5) is 4.19. The Morgan fingerprint density at radius 1 is 1.71 bits per heavy atom. The smallest absolute Gasteiger partial charge is 0.203 e. The summed E-state index contributed by atoms with van der Waals surface area (Å²) in [6.45, 7) is 3.54. The molecule has 1 heterocycles. The van der Waals surface area contributed by atoms with Crippen molar-refractivity contribution in [2.45, 2.75) is 19.5 Å². The van der Waals surface area contributed by atoms with Crippen molar-refractivity contribution in [2.24, 2.45) is 0 Å². The van der Waals surface area contributed by atoms with E-state index in [-0.39, 0.29) is 6.04 Å². The van der Waals surface area contributed by atoms with Crippen LogP contribution in [0.25, 0.3) is 0 Å². The molecular formula is C9H16ClN3O. The minimum Gasteiger partial charge on any atom is -0.383 e. The van der Waals surface area contributed by atoms with Gasteiger partial charge >= 0.3 is 0 Å². The second-order valence-electron chi connectivity index (χ2n) is 2.99. The largest absolute Gasteiger partial charge is 0.383 e. The summed E-state index contributed by atoms with van der Waals surface area (Å²) in [6, 6.07) is 0.106. The quantitative estimate of drug-likeness (QED) is 0.736. The molecule has 0 saturated carbocycles. The third-order valence-corrected chi connectivity index (χ3v) is 2.32. The number of ether oxygens (including phenoxy) is 1. The first-order valence-electron chi connectivity index (χ1n) is 4.64. The van der Waals surface area contributed by atoms with Gasteiger partial charge in [-0.25, -0.2) is 4.98 Å². The van der Waals surface area contributed by atoms with Crippen molar-refractivity contribution in [1.29, 1.82) is 0 Å². The lowest BCUT2D eigenvalue weighted by Gasteiger charge is -2.16. The Balaban J connectivity index is 2.56. The molecule has 14 heavy (non-hydrogen) atoms. The molecule has 0 spiro atoms. The van der Waals surface area contributed by atoms with Gasteiger partial charge in [0.15, 0.2) is 0 Å². The highest BCUT2D eigenvalue weighted by Gasteiger charge is 2.09. The van der Waals surface area contributed by atoms with E-state index < -0.39 is 0 Å². The predicted octanol–water partition coefficient (Wildman–Crippen LogP) is 1.57. The molecule has 80 valence electrons. The molecule has 1 rings (SSSR count). The Labute approximate surface area is 89.2 Å². The van der Waals surface area contributed by atoms with E-state index in [0.717, 1.165) is 12.5 Å². The SMILES string of the molecule is CCn1ccnc1NC(CCl)COC. The molecule has 0 amide bonds. The number of imidazole rings is 1. The van der Waals surface area contributed by atoms with Crippen LogP contribution in [-0.4, -0.2) is 35.2 Å². The lowest BCUT2D eigenvalue weighted by Crippen LogP contribution is -2.28. The van der Waals surface area contributed by atoms with Crippen molar-refractivity contribution >= 4 is 17.5 Å². The Kier molecular flexibility index (Phi) is 4.76. The lowest BCUT2D eigenvalue weighted by atomic mass is 10.4. The van der Waals surface area contributed by atoms with Gasteiger partial charge in [-0.3, -0.25) is 0 Å². The highest BCUT2D eigenvalue weighted by Crippen LogP contribution is 2.06. The number of nitrogens with zero attached hydrogens (tertiary/aromatic N) is 2. The van der Waals surface area contributed by atoms with E-state index in [9.17, 15) is 0 Å². The third kappa shape index (κ3) is 2.89. The van der Waals surface area contributed by atoms with E-state index in [4.69, 9.17) is 16.3 Å². The van der Waals surface area contributed by atoms with E-state index in [1.54, 1.807) is 13.3 Å². The van der Waals surface area contributed by atoms with Crippen LogP contribution in [0.2, 0.25) is 0 Å². The first-order chi connectivity index (χ1) is 6.81. The number of nitrogens with one attached hydrogen (secondary N) is 1. The maximum atomic E-state index is 5.78. The van der Waals surface area contributed by atoms with Crippen molar-refractivity contribution < 1.29 is 4.74 Å². The Hall–Kier alpha value is -0.740. The first-order valence-corrected chi connectivity index (χ1v) is 5.17. The van der Waals surface area contributed by atoms with Crippen LogP contribution in [-0.2, 0) is 11.3 Å². The summed E-state index contributed by atoms with van der Waals surface area (Å²) in [7, 11) is 1.66. The van der Waals surface area contributed by atoms with Crippen LogP contribution in [0.3, 0.4) is 0 Å².